The molecule has 0 radical (unpaired) electrons. The third-order valence-electron chi connectivity index (χ3n) is 3.12. The van der Waals surface area contributed by atoms with Crippen molar-refractivity contribution in [2.24, 2.45) is 0 Å². The molecule has 0 saturated carbocycles. The molecule has 1 heterocycles. The normalized spacial score (nSPS) is 10.7. The summed E-state index contributed by atoms with van der Waals surface area (Å²) < 4.78 is 5.91. The molecular formula is C16H14N2O2. The highest BCUT2D eigenvalue weighted by molar-refractivity contribution is 5.93. The summed E-state index contributed by atoms with van der Waals surface area (Å²) in [5.41, 5.74) is 7.98. The van der Waals surface area contributed by atoms with E-state index in [4.69, 9.17) is 10.5 Å². The molecule has 20 heavy (non-hydrogen) atoms. The van der Waals surface area contributed by atoms with Gasteiger partial charge in [-0.25, -0.2) is 0 Å². The standard InChI is InChI=1S/C16H14N2O2/c17-13-7-8-15(12-5-3-9-18-16(12)13)20-14-6-2-1-4-11(14)10-19/h1-9,19H,10,17H2. The second-order valence-corrected chi connectivity index (χ2v) is 4.42. The van der Waals surface area contributed by atoms with Crippen LogP contribution in [0.25, 0.3) is 10.9 Å². The average Bonchev–Trinajstić information content (AvgIpc) is 2.51. The van der Waals surface area contributed by atoms with E-state index in [1.165, 1.54) is 0 Å². The number of aromatic nitrogens is 1. The third-order valence-corrected chi connectivity index (χ3v) is 3.12. The van der Waals surface area contributed by atoms with Gasteiger partial charge >= 0.3 is 0 Å². The summed E-state index contributed by atoms with van der Waals surface area (Å²) in [6.07, 6.45) is 1.70. The molecule has 0 unspecified atom stereocenters. The molecule has 3 aromatic rings. The molecule has 4 heteroatoms. The van der Waals surface area contributed by atoms with Crippen LogP contribution in [-0.4, -0.2) is 10.1 Å². The van der Waals surface area contributed by atoms with Crippen molar-refractivity contribution in [1.29, 1.82) is 0 Å². The van der Waals surface area contributed by atoms with Gasteiger partial charge in [-0.3, -0.25) is 4.98 Å². The van der Waals surface area contributed by atoms with E-state index in [1.807, 2.05) is 42.5 Å². The van der Waals surface area contributed by atoms with Gasteiger partial charge in [-0.05, 0) is 30.3 Å². The first-order valence-corrected chi connectivity index (χ1v) is 6.29. The van der Waals surface area contributed by atoms with E-state index in [0.29, 0.717) is 22.7 Å². The Kier molecular flexibility index (Phi) is 3.23. The fourth-order valence-corrected chi connectivity index (χ4v) is 2.11. The van der Waals surface area contributed by atoms with Crippen molar-refractivity contribution in [2.45, 2.75) is 6.61 Å². The highest BCUT2D eigenvalue weighted by Gasteiger charge is 2.09. The van der Waals surface area contributed by atoms with Crippen molar-refractivity contribution in [2.75, 3.05) is 5.73 Å². The number of ether oxygens (including phenoxy) is 1. The highest BCUT2D eigenvalue weighted by Crippen LogP contribution is 2.33. The fourth-order valence-electron chi connectivity index (χ4n) is 2.11. The van der Waals surface area contributed by atoms with Crippen LogP contribution in [0.2, 0.25) is 0 Å². The van der Waals surface area contributed by atoms with Crippen LogP contribution < -0.4 is 10.5 Å². The van der Waals surface area contributed by atoms with Crippen LogP contribution in [0.1, 0.15) is 5.56 Å². The Morgan fingerprint density at radius 3 is 2.70 bits per heavy atom. The number of anilines is 1. The zero-order valence-electron chi connectivity index (χ0n) is 10.8. The fraction of sp³-hybridized carbons (Fsp3) is 0.0625. The lowest BCUT2D eigenvalue weighted by atomic mass is 10.1. The van der Waals surface area contributed by atoms with Crippen LogP contribution in [0.4, 0.5) is 5.69 Å². The van der Waals surface area contributed by atoms with Crippen LogP contribution in [-0.2, 0) is 6.61 Å². The van der Waals surface area contributed by atoms with Crippen molar-refractivity contribution in [3.05, 3.63) is 60.3 Å². The molecule has 3 rings (SSSR count). The quantitative estimate of drug-likeness (QED) is 0.715. The van der Waals surface area contributed by atoms with Gasteiger partial charge < -0.3 is 15.6 Å². The van der Waals surface area contributed by atoms with E-state index in [1.54, 1.807) is 12.3 Å². The molecule has 3 N–H and O–H groups in total. The minimum Gasteiger partial charge on any atom is -0.456 e. The lowest BCUT2D eigenvalue weighted by molar-refractivity contribution is 0.276. The Bertz CT molecular complexity index is 756. The molecule has 2 aromatic carbocycles. The van der Waals surface area contributed by atoms with E-state index in [2.05, 4.69) is 4.98 Å². The zero-order valence-corrected chi connectivity index (χ0v) is 10.8. The number of pyridine rings is 1. The van der Waals surface area contributed by atoms with E-state index in [9.17, 15) is 5.11 Å². The average molecular weight is 266 g/mol. The zero-order chi connectivity index (χ0) is 13.9. The number of aliphatic hydroxyl groups excluding tert-OH is 1. The SMILES string of the molecule is Nc1ccc(Oc2ccccc2CO)c2cccnc12. The molecule has 100 valence electrons. The molecule has 0 aliphatic heterocycles. The number of para-hydroxylation sites is 1. The number of benzene rings is 2. The highest BCUT2D eigenvalue weighted by atomic mass is 16.5. The second kappa shape index (κ2) is 5.19. The largest absolute Gasteiger partial charge is 0.456 e. The molecule has 0 aliphatic carbocycles. The van der Waals surface area contributed by atoms with Crippen molar-refractivity contribution in [3.63, 3.8) is 0 Å². The molecule has 4 nitrogen and oxygen atoms in total. The van der Waals surface area contributed by atoms with Crippen LogP contribution in [0.3, 0.4) is 0 Å². The van der Waals surface area contributed by atoms with Gasteiger partial charge in [0.15, 0.2) is 0 Å². The Hall–Kier alpha value is -2.59. The Balaban J connectivity index is 2.09. The molecule has 1 aromatic heterocycles. The Labute approximate surface area is 116 Å². The van der Waals surface area contributed by atoms with Crippen LogP contribution in [0.15, 0.2) is 54.7 Å². The van der Waals surface area contributed by atoms with Gasteiger partial charge in [0.2, 0.25) is 0 Å². The number of hydrogen-bond acceptors (Lipinski definition) is 4. The number of nitrogen functional groups attached to an aromatic ring is 1. The van der Waals surface area contributed by atoms with Crippen LogP contribution >= 0.6 is 0 Å². The predicted octanol–water partition coefficient (Wildman–Crippen LogP) is 3.10. The van der Waals surface area contributed by atoms with Gasteiger partial charge in [0, 0.05) is 17.1 Å². The van der Waals surface area contributed by atoms with Gasteiger partial charge in [-0.15, -0.1) is 0 Å². The van der Waals surface area contributed by atoms with E-state index in [-0.39, 0.29) is 6.61 Å². The summed E-state index contributed by atoms with van der Waals surface area (Å²) in [6.45, 7) is -0.0681. The number of nitrogens with two attached hydrogens (primary N) is 1. The monoisotopic (exact) mass is 266 g/mol. The lowest BCUT2D eigenvalue weighted by Crippen LogP contribution is -1.94. The maximum Gasteiger partial charge on any atom is 0.136 e. The number of fused-ring (bicyclic) bond motifs is 1. The summed E-state index contributed by atoms with van der Waals surface area (Å²) in [4.78, 5) is 4.27. The topological polar surface area (TPSA) is 68.4 Å². The summed E-state index contributed by atoms with van der Waals surface area (Å²) in [5.74, 6) is 1.30. The first-order chi connectivity index (χ1) is 9.79. The molecule has 0 bridgehead atoms. The summed E-state index contributed by atoms with van der Waals surface area (Å²) in [6, 6.07) is 14.7. The Morgan fingerprint density at radius 2 is 1.85 bits per heavy atom. The number of nitrogens with zero attached hydrogens (tertiary/aromatic N) is 1. The molecule has 0 spiro atoms. The number of aliphatic hydroxyl groups is 1. The maximum absolute atomic E-state index is 9.34. The molecule has 0 saturated heterocycles. The summed E-state index contributed by atoms with van der Waals surface area (Å²) in [5, 5.41) is 10.2. The van der Waals surface area contributed by atoms with Crippen molar-refractivity contribution >= 4 is 16.6 Å². The molecule has 0 fully saturated rings. The molecule has 0 aliphatic rings. The van der Waals surface area contributed by atoms with Gasteiger partial charge in [0.1, 0.15) is 11.5 Å². The lowest BCUT2D eigenvalue weighted by Gasteiger charge is -2.12. The van der Waals surface area contributed by atoms with Crippen LogP contribution in [0, 0.1) is 0 Å². The van der Waals surface area contributed by atoms with Crippen molar-refractivity contribution in [3.8, 4) is 11.5 Å². The first-order valence-electron chi connectivity index (χ1n) is 6.29. The predicted molar refractivity (Wildman–Crippen MR) is 78.6 cm³/mol. The summed E-state index contributed by atoms with van der Waals surface area (Å²) >= 11 is 0. The first kappa shape index (κ1) is 12.4. The van der Waals surface area contributed by atoms with Crippen LogP contribution in [0.5, 0.6) is 11.5 Å². The van der Waals surface area contributed by atoms with Gasteiger partial charge in [0.25, 0.3) is 0 Å². The maximum atomic E-state index is 9.34. The van der Waals surface area contributed by atoms with Crippen molar-refractivity contribution < 1.29 is 9.84 Å². The van der Waals surface area contributed by atoms with Gasteiger partial charge in [0.05, 0.1) is 17.8 Å². The number of hydrogen-bond donors (Lipinski definition) is 2. The molecule has 0 amide bonds. The second-order valence-electron chi connectivity index (χ2n) is 4.42. The number of rotatable bonds is 3. The summed E-state index contributed by atoms with van der Waals surface area (Å²) in [7, 11) is 0. The molecular weight excluding hydrogens is 252 g/mol. The third kappa shape index (κ3) is 2.17. The van der Waals surface area contributed by atoms with E-state index < -0.39 is 0 Å². The minimum absolute atomic E-state index is 0.0681. The van der Waals surface area contributed by atoms with Gasteiger partial charge in [-0.1, -0.05) is 18.2 Å². The van der Waals surface area contributed by atoms with Gasteiger partial charge in [-0.2, -0.15) is 0 Å². The van der Waals surface area contributed by atoms with Crippen molar-refractivity contribution in [1.82, 2.24) is 4.98 Å². The smallest absolute Gasteiger partial charge is 0.136 e. The van der Waals surface area contributed by atoms with E-state index in [0.717, 1.165) is 10.9 Å². The van der Waals surface area contributed by atoms with E-state index >= 15 is 0 Å². The Morgan fingerprint density at radius 1 is 1.00 bits per heavy atom. The minimum atomic E-state index is -0.0681. The molecule has 0 atom stereocenters.